The Bertz CT molecular complexity index is 949. The molecule has 3 amide bonds. The molecule has 7 nitrogen and oxygen atoms in total. The van der Waals surface area contributed by atoms with Crippen LogP contribution in [0.15, 0.2) is 36.4 Å². The second-order valence-corrected chi connectivity index (χ2v) is 10.6. The van der Waals surface area contributed by atoms with Crippen molar-refractivity contribution in [3.63, 3.8) is 0 Å². The summed E-state index contributed by atoms with van der Waals surface area (Å²) in [4.78, 5) is 32.7. The van der Waals surface area contributed by atoms with E-state index in [0.29, 0.717) is 38.3 Å². The van der Waals surface area contributed by atoms with Gasteiger partial charge in [-0.25, -0.2) is 4.79 Å². The molecule has 2 aliphatic heterocycles. The number of amides is 3. The lowest BCUT2D eigenvalue weighted by atomic mass is 10.1. The number of thiophene rings is 1. The Morgan fingerprint density at radius 1 is 1.00 bits per heavy atom. The minimum absolute atomic E-state index is 0.0234. The van der Waals surface area contributed by atoms with Crippen LogP contribution >= 0.6 is 22.9 Å². The van der Waals surface area contributed by atoms with Gasteiger partial charge in [-0.3, -0.25) is 9.69 Å². The van der Waals surface area contributed by atoms with Crippen molar-refractivity contribution in [1.29, 1.82) is 0 Å². The maximum atomic E-state index is 12.8. The standard InChI is InChI=1S/C24H31ClN4O3S/c1-17-14-29(15-18(2)32-17)23(30)20-5-3-19(4-6-20)13-26-24(31)28-11-9-27(10-12-28)16-21-7-8-22(25)33-21/h3-8,17-18H,9-16H2,1-2H3,(H,26,31). The number of ether oxygens (including phenoxy) is 1. The number of morpholine rings is 1. The molecule has 2 aromatic rings. The molecule has 2 saturated heterocycles. The topological polar surface area (TPSA) is 65.1 Å². The molecular weight excluding hydrogens is 460 g/mol. The van der Waals surface area contributed by atoms with E-state index in [9.17, 15) is 9.59 Å². The van der Waals surface area contributed by atoms with Crippen molar-refractivity contribution < 1.29 is 14.3 Å². The van der Waals surface area contributed by atoms with E-state index in [4.69, 9.17) is 16.3 Å². The second-order valence-electron chi connectivity index (χ2n) is 8.79. The zero-order chi connectivity index (χ0) is 23.4. The first kappa shape index (κ1) is 24.0. The van der Waals surface area contributed by atoms with E-state index < -0.39 is 0 Å². The predicted molar refractivity (Wildman–Crippen MR) is 131 cm³/mol. The Hall–Kier alpha value is -2.13. The fourth-order valence-corrected chi connectivity index (χ4v) is 5.48. The number of carbonyl (C=O) groups is 2. The van der Waals surface area contributed by atoms with Gasteiger partial charge in [-0.2, -0.15) is 0 Å². The number of halogens is 1. The molecule has 9 heteroatoms. The van der Waals surface area contributed by atoms with Crippen LogP contribution in [0.4, 0.5) is 4.79 Å². The van der Waals surface area contributed by atoms with Crippen LogP contribution in [0.2, 0.25) is 4.34 Å². The van der Waals surface area contributed by atoms with Gasteiger partial charge in [0.2, 0.25) is 0 Å². The number of hydrogen-bond acceptors (Lipinski definition) is 5. The van der Waals surface area contributed by atoms with Crippen LogP contribution in [0.5, 0.6) is 0 Å². The summed E-state index contributed by atoms with van der Waals surface area (Å²) in [5.74, 6) is 0.0234. The molecule has 1 N–H and O–H groups in total. The van der Waals surface area contributed by atoms with Gasteiger partial charge < -0.3 is 19.9 Å². The van der Waals surface area contributed by atoms with Crippen LogP contribution in [-0.2, 0) is 17.8 Å². The summed E-state index contributed by atoms with van der Waals surface area (Å²) in [6, 6.07) is 11.4. The Morgan fingerprint density at radius 2 is 1.67 bits per heavy atom. The van der Waals surface area contributed by atoms with E-state index in [2.05, 4.69) is 16.3 Å². The number of benzene rings is 1. The minimum atomic E-state index is -0.0507. The highest BCUT2D eigenvalue weighted by atomic mass is 35.5. The molecule has 1 aromatic carbocycles. The normalized spacial score (nSPS) is 21.8. The number of hydrogen-bond donors (Lipinski definition) is 1. The monoisotopic (exact) mass is 490 g/mol. The highest BCUT2D eigenvalue weighted by Gasteiger charge is 2.26. The molecule has 178 valence electrons. The first-order chi connectivity index (χ1) is 15.9. The van der Waals surface area contributed by atoms with Crippen molar-refractivity contribution in [1.82, 2.24) is 20.0 Å². The van der Waals surface area contributed by atoms with Gasteiger partial charge in [0, 0.05) is 62.8 Å². The molecular formula is C24H31ClN4O3S. The van der Waals surface area contributed by atoms with E-state index in [1.54, 1.807) is 11.3 Å². The van der Waals surface area contributed by atoms with Crippen LogP contribution in [0.3, 0.4) is 0 Å². The maximum Gasteiger partial charge on any atom is 0.317 e. The van der Waals surface area contributed by atoms with E-state index in [1.807, 2.05) is 54.0 Å². The number of urea groups is 1. The summed E-state index contributed by atoms with van der Waals surface area (Å²) in [6.07, 6.45) is 0.0893. The molecule has 2 unspecified atom stereocenters. The fraction of sp³-hybridized carbons (Fsp3) is 0.500. The van der Waals surface area contributed by atoms with Gasteiger partial charge >= 0.3 is 6.03 Å². The van der Waals surface area contributed by atoms with Crippen molar-refractivity contribution in [3.05, 3.63) is 56.7 Å². The molecule has 0 radical (unpaired) electrons. The highest BCUT2D eigenvalue weighted by Crippen LogP contribution is 2.23. The van der Waals surface area contributed by atoms with Crippen LogP contribution in [0.1, 0.15) is 34.6 Å². The third-order valence-electron chi connectivity index (χ3n) is 6.02. The van der Waals surface area contributed by atoms with Crippen LogP contribution in [0, 0.1) is 0 Å². The summed E-state index contributed by atoms with van der Waals surface area (Å²) < 4.78 is 6.52. The zero-order valence-corrected chi connectivity index (χ0v) is 20.7. The van der Waals surface area contributed by atoms with Gasteiger partial charge in [0.15, 0.2) is 0 Å². The van der Waals surface area contributed by atoms with Gasteiger partial charge in [0.1, 0.15) is 0 Å². The summed E-state index contributed by atoms with van der Waals surface area (Å²) in [6.45, 7) is 9.60. The summed E-state index contributed by atoms with van der Waals surface area (Å²) in [5.41, 5.74) is 1.63. The lowest BCUT2D eigenvalue weighted by molar-refractivity contribution is -0.0586. The summed E-state index contributed by atoms with van der Waals surface area (Å²) >= 11 is 7.62. The van der Waals surface area contributed by atoms with Crippen molar-refractivity contribution in [2.24, 2.45) is 0 Å². The number of nitrogens with one attached hydrogen (secondary N) is 1. The lowest BCUT2D eigenvalue weighted by Crippen LogP contribution is -2.51. The van der Waals surface area contributed by atoms with Crippen molar-refractivity contribution >= 4 is 34.9 Å². The number of carbonyl (C=O) groups excluding carboxylic acids is 2. The molecule has 0 saturated carbocycles. The smallest absolute Gasteiger partial charge is 0.317 e. The van der Waals surface area contributed by atoms with E-state index in [-0.39, 0.29) is 24.1 Å². The van der Waals surface area contributed by atoms with E-state index >= 15 is 0 Å². The SMILES string of the molecule is CC1CN(C(=O)c2ccc(CNC(=O)N3CCN(Cc4ccc(Cl)s4)CC3)cc2)CC(C)O1. The Balaban J connectivity index is 1.21. The predicted octanol–water partition coefficient (Wildman–Crippen LogP) is 3.68. The van der Waals surface area contributed by atoms with Crippen LogP contribution in [0.25, 0.3) is 0 Å². The molecule has 2 fully saturated rings. The average Bonchev–Trinajstić information content (AvgIpc) is 3.21. The number of piperazine rings is 1. The molecule has 0 bridgehead atoms. The van der Waals surface area contributed by atoms with Crippen molar-refractivity contribution in [2.75, 3.05) is 39.3 Å². The largest absolute Gasteiger partial charge is 0.372 e. The van der Waals surface area contributed by atoms with E-state index in [0.717, 1.165) is 29.5 Å². The fourth-order valence-electron chi connectivity index (χ4n) is 4.35. The molecule has 33 heavy (non-hydrogen) atoms. The van der Waals surface area contributed by atoms with Gasteiger partial charge in [-0.15, -0.1) is 11.3 Å². The van der Waals surface area contributed by atoms with Crippen molar-refractivity contribution in [2.45, 2.75) is 39.1 Å². The lowest BCUT2D eigenvalue weighted by Gasteiger charge is -2.35. The Kier molecular flexibility index (Phi) is 7.90. The van der Waals surface area contributed by atoms with Gasteiger partial charge in [0.25, 0.3) is 5.91 Å². The molecule has 1 aromatic heterocycles. The summed E-state index contributed by atoms with van der Waals surface area (Å²) in [7, 11) is 0. The summed E-state index contributed by atoms with van der Waals surface area (Å²) in [5, 5.41) is 3.00. The van der Waals surface area contributed by atoms with Gasteiger partial charge in [0.05, 0.1) is 16.5 Å². The molecule has 3 heterocycles. The van der Waals surface area contributed by atoms with Crippen LogP contribution in [-0.4, -0.2) is 78.1 Å². The van der Waals surface area contributed by atoms with E-state index in [1.165, 1.54) is 4.88 Å². The first-order valence-corrected chi connectivity index (χ1v) is 12.6. The molecule has 2 atom stereocenters. The minimum Gasteiger partial charge on any atom is -0.372 e. The molecule has 2 aliphatic rings. The molecule has 4 rings (SSSR count). The second kappa shape index (κ2) is 10.9. The number of rotatable bonds is 5. The third kappa shape index (κ3) is 6.47. The molecule has 0 aliphatic carbocycles. The van der Waals surface area contributed by atoms with Crippen LogP contribution < -0.4 is 5.32 Å². The zero-order valence-electron chi connectivity index (χ0n) is 19.1. The van der Waals surface area contributed by atoms with Gasteiger partial charge in [-0.05, 0) is 43.7 Å². The highest BCUT2D eigenvalue weighted by molar-refractivity contribution is 7.16. The first-order valence-electron chi connectivity index (χ1n) is 11.4. The van der Waals surface area contributed by atoms with Gasteiger partial charge in [-0.1, -0.05) is 23.7 Å². The third-order valence-corrected chi connectivity index (χ3v) is 7.24. The average molecular weight is 491 g/mol. The van der Waals surface area contributed by atoms with Crippen molar-refractivity contribution in [3.8, 4) is 0 Å². The number of nitrogens with zero attached hydrogens (tertiary/aromatic N) is 3. The quantitative estimate of drug-likeness (QED) is 0.694. The maximum absolute atomic E-state index is 12.8. The molecule has 0 spiro atoms. The Labute approximate surface area is 204 Å². The Morgan fingerprint density at radius 3 is 2.27 bits per heavy atom.